The lowest BCUT2D eigenvalue weighted by atomic mass is 9.72. The molecule has 3 rings (SSSR count). The van der Waals surface area contributed by atoms with Gasteiger partial charge in [-0.3, -0.25) is 0 Å². The van der Waals surface area contributed by atoms with Crippen LogP contribution in [0.5, 0.6) is 0 Å². The van der Waals surface area contributed by atoms with E-state index in [2.05, 4.69) is 30.4 Å². The van der Waals surface area contributed by atoms with Gasteiger partial charge < -0.3 is 0 Å². The van der Waals surface area contributed by atoms with Gasteiger partial charge in [-0.2, -0.15) is 0 Å². The van der Waals surface area contributed by atoms with Crippen LogP contribution < -0.4 is 0 Å². The monoisotopic (exact) mass is 172 g/mol. The molecule has 0 heterocycles. The first kappa shape index (κ1) is 7.61. The van der Waals surface area contributed by atoms with Crippen LogP contribution in [0.1, 0.15) is 25.7 Å². The van der Waals surface area contributed by atoms with Crippen molar-refractivity contribution in [2.24, 2.45) is 17.8 Å². The summed E-state index contributed by atoms with van der Waals surface area (Å²) in [6, 6.07) is 0. The molecule has 0 spiro atoms. The van der Waals surface area contributed by atoms with Gasteiger partial charge >= 0.3 is 0 Å². The van der Waals surface area contributed by atoms with Crippen molar-refractivity contribution in [3.8, 4) is 0 Å². The van der Waals surface area contributed by atoms with Crippen LogP contribution in [0.15, 0.2) is 36.0 Å². The van der Waals surface area contributed by atoms with Crippen molar-refractivity contribution in [2.75, 3.05) is 0 Å². The van der Waals surface area contributed by atoms with Gasteiger partial charge in [0.25, 0.3) is 0 Å². The van der Waals surface area contributed by atoms with Gasteiger partial charge in [-0.25, -0.2) is 0 Å². The summed E-state index contributed by atoms with van der Waals surface area (Å²) in [6.45, 7) is 0. The summed E-state index contributed by atoms with van der Waals surface area (Å²) in [6.07, 6.45) is 17.3. The molecular weight excluding hydrogens is 156 g/mol. The fourth-order valence-electron chi connectivity index (χ4n) is 3.30. The Kier molecular flexibility index (Phi) is 1.68. The van der Waals surface area contributed by atoms with E-state index in [0.29, 0.717) is 0 Å². The van der Waals surface area contributed by atoms with Crippen molar-refractivity contribution in [2.45, 2.75) is 25.7 Å². The molecule has 0 N–H and O–H groups in total. The van der Waals surface area contributed by atoms with Gasteiger partial charge in [0, 0.05) is 0 Å². The molecule has 0 aromatic carbocycles. The Balaban J connectivity index is 1.99. The van der Waals surface area contributed by atoms with Gasteiger partial charge in [0.1, 0.15) is 0 Å². The van der Waals surface area contributed by atoms with Crippen LogP contribution in [-0.4, -0.2) is 0 Å². The van der Waals surface area contributed by atoms with E-state index in [1.54, 1.807) is 5.57 Å². The summed E-state index contributed by atoms with van der Waals surface area (Å²) < 4.78 is 0. The molecule has 0 saturated heterocycles. The van der Waals surface area contributed by atoms with E-state index in [9.17, 15) is 0 Å². The Labute approximate surface area is 80.0 Å². The summed E-state index contributed by atoms with van der Waals surface area (Å²) in [5, 5.41) is 0. The second-order valence-corrected chi connectivity index (χ2v) is 4.56. The lowest BCUT2D eigenvalue weighted by Crippen LogP contribution is -2.24. The Morgan fingerprint density at radius 1 is 1.15 bits per heavy atom. The van der Waals surface area contributed by atoms with E-state index < -0.39 is 0 Å². The van der Waals surface area contributed by atoms with E-state index in [-0.39, 0.29) is 0 Å². The van der Waals surface area contributed by atoms with Gasteiger partial charge in [-0.15, -0.1) is 0 Å². The molecule has 3 unspecified atom stereocenters. The standard InChI is InChI=1S/C13H16/c1-2-5-11-8-9-12-7-3-6-10(4-1)13(11)12/h1-2,4-5,8,10,12-13H,3,6-7,9H2. The minimum Gasteiger partial charge on any atom is -0.0808 e. The number of allylic oxidation sites excluding steroid dienone is 6. The highest BCUT2D eigenvalue weighted by molar-refractivity contribution is 5.34. The Bertz CT molecular complexity index is 293. The lowest BCUT2D eigenvalue weighted by molar-refractivity contribution is 0.241. The van der Waals surface area contributed by atoms with Crippen LogP contribution in [-0.2, 0) is 0 Å². The van der Waals surface area contributed by atoms with E-state index in [4.69, 9.17) is 0 Å². The maximum atomic E-state index is 2.47. The zero-order valence-electron chi connectivity index (χ0n) is 7.95. The molecule has 68 valence electrons. The zero-order chi connectivity index (χ0) is 8.67. The quantitative estimate of drug-likeness (QED) is 0.525. The number of hydrogen-bond donors (Lipinski definition) is 0. The molecule has 1 saturated carbocycles. The summed E-state index contributed by atoms with van der Waals surface area (Å²) in [5.41, 5.74) is 1.62. The molecule has 3 aliphatic carbocycles. The third-order valence-corrected chi connectivity index (χ3v) is 3.88. The highest BCUT2D eigenvalue weighted by Crippen LogP contribution is 2.47. The topological polar surface area (TPSA) is 0 Å². The Morgan fingerprint density at radius 3 is 3.15 bits per heavy atom. The first-order valence-corrected chi connectivity index (χ1v) is 5.50. The molecule has 0 aromatic heterocycles. The SMILES string of the molecule is C1=CC2=CCC3CCCC(C=C1)C23. The van der Waals surface area contributed by atoms with Crippen LogP contribution in [0.25, 0.3) is 0 Å². The van der Waals surface area contributed by atoms with E-state index in [0.717, 1.165) is 17.8 Å². The molecule has 0 aliphatic heterocycles. The second-order valence-electron chi connectivity index (χ2n) is 4.56. The van der Waals surface area contributed by atoms with Gasteiger partial charge in [0.2, 0.25) is 0 Å². The minimum atomic E-state index is 0.850. The van der Waals surface area contributed by atoms with E-state index in [1.807, 2.05) is 0 Å². The second kappa shape index (κ2) is 2.87. The molecule has 0 heteroatoms. The molecule has 13 heavy (non-hydrogen) atoms. The van der Waals surface area contributed by atoms with Crippen molar-refractivity contribution in [1.82, 2.24) is 0 Å². The van der Waals surface area contributed by atoms with Gasteiger partial charge in [-0.1, -0.05) is 36.8 Å². The van der Waals surface area contributed by atoms with Gasteiger partial charge in [0.15, 0.2) is 0 Å². The highest BCUT2D eigenvalue weighted by atomic mass is 14.4. The van der Waals surface area contributed by atoms with Crippen molar-refractivity contribution in [3.63, 3.8) is 0 Å². The summed E-state index contributed by atoms with van der Waals surface area (Å²) in [7, 11) is 0. The average molecular weight is 172 g/mol. The minimum absolute atomic E-state index is 0.850. The predicted molar refractivity (Wildman–Crippen MR) is 55.3 cm³/mol. The van der Waals surface area contributed by atoms with Crippen LogP contribution in [0.2, 0.25) is 0 Å². The Morgan fingerprint density at radius 2 is 2.15 bits per heavy atom. The molecular formula is C13H16. The molecule has 0 nitrogen and oxygen atoms in total. The van der Waals surface area contributed by atoms with Crippen LogP contribution in [0.3, 0.4) is 0 Å². The maximum Gasteiger partial charge on any atom is -0.00708 e. The molecule has 0 radical (unpaired) electrons. The number of rotatable bonds is 0. The fraction of sp³-hybridized carbons (Fsp3) is 0.538. The fourth-order valence-corrected chi connectivity index (χ4v) is 3.30. The highest BCUT2D eigenvalue weighted by Gasteiger charge is 2.36. The normalized spacial score (nSPS) is 41.2. The lowest BCUT2D eigenvalue weighted by Gasteiger charge is -2.33. The first-order valence-electron chi connectivity index (χ1n) is 5.50. The average Bonchev–Trinajstić information content (AvgIpc) is 2.44. The molecule has 0 amide bonds. The molecule has 3 atom stereocenters. The molecule has 1 fully saturated rings. The first-order chi connectivity index (χ1) is 6.45. The van der Waals surface area contributed by atoms with Crippen LogP contribution in [0, 0.1) is 17.8 Å². The Hall–Kier alpha value is -0.780. The molecule has 0 bridgehead atoms. The largest absolute Gasteiger partial charge is 0.0808 e. The van der Waals surface area contributed by atoms with Crippen molar-refractivity contribution in [3.05, 3.63) is 36.0 Å². The van der Waals surface area contributed by atoms with Crippen molar-refractivity contribution >= 4 is 0 Å². The van der Waals surface area contributed by atoms with Gasteiger partial charge in [0.05, 0.1) is 0 Å². The van der Waals surface area contributed by atoms with Crippen molar-refractivity contribution in [1.29, 1.82) is 0 Å². The third-order valence-electron chi connectivity index (χ3n) is 3.88. The van der Waals surface area contributed by atoms with E-state index >= 15 is 0 Å². The van der Waals surface area contributed by atoms with Gasteiger partial charge in [-0.05, 0) is 42.6 Å². The maximum absolute atomic E-state index is 2.47. The third kappa shape index (κ3) is 1.12. The van der Waals surface area contributed by atoms with Crippen LogP contribution in [0.4, 0.5) is 0 Å². The molecule has 3 aliphatic rings. The zero-order valence-corrected chi connectivity index (χ0v) is 7.95. The number of hydrogen-bond acceptors (Lipinski definition) is 0. The summed E-state index contributed by atoms with van der Waals surface area (Å²) in [5.74, 6) is 2.70. The predicted octanol–water partition coefficient (Wildman–Crippen LogP) is 3.48. The van der Waals surface area contributed by atoms with E-state index in [1.165, 1.54) is 25.7 Å². The molecule has 0 aromatic rings. The van der Waals surface area contributed by atoms with Crippen molar-refractivity contribution < 1.29 is 0 Å². The smallest absolute Gasteiger partial charge is 0.00708 e. The summed E-state index contributed by atoms with van der Waals surface area (Å²) in [4.78, 5) is 0. The summed E-state index contributed by atoms with van der Waals surface area (Å²) >= 11 is 0. The van der Waals surface area contributed by atoms with Crippen LogP contribution >= 0.6 is 0 Å².